The minimum absolute atomic E-state index is 0.138. The first-order chi connectivity index (χ1) is 11.8. The van der Waals surface area contributed by atoms with Gasteiger partial charge in [-0.25, -0.2) is 4.98 Å². The van der Waals surface area contributed by atoms with Gasteiger partial charge in [0.15, 0.2) is 0 Å². The third kappa shape index (κ3) is 4.62. The number of hydrogen-bond acceptors (Lipinski definition) is 7. The summed E-state index contributed by atoms with van der Waals surface area (Å²) < 4.78 is 5.64. The molecule has 0 amide bonds. The van der Waals surface area contributed by atoms with Crippen LogP contribution in [0.25, 0.3) is 11.3 Å². The Labute approximate surface area is 141 Å². The highest BCUT2D eigenvalue weighted by atomic mass is 16.5. The summed E-state index contributed by atoms with van der Waals surface area (Å²) in [6, 6.07) is 5.77. The number of nitrogens with one attached hydrogen (secondary N) is 2. The number of aliphatic hydroxyl groups excluding tert-OH is 1. The first kappa shape index (κ1) is 16.6. The number of pyridine rings is 1. The van der Waals surface area contributed by atoms with Crippen LogP contribution in [0, 0.1) is 0 Å². The normalized spacial score (nSPS) is 17.0. The molecule has 0 aliphatic carbocycles. The van der Waals surface area contributed by atoms with Gasteiger partial charge in [0.25, 0.3) is 0 Å². The summed E-state index contributed by atoms with van der Waals surface area (Å²) >= 11 is 0. The Morgan fingerprint density at radius 2 is 2.25 bits per heavy atom. The molecule has 24 heavy (non-hydrogen) atoms. The molecule has 7 nitrogen and oxygen atoms in total. The quantitative estimate of drug-likeness (QED) is 0.637. The standard InChI is InChI=1S/C17H23N5O2/c23-8-3-7-19-17-21-15(13-4-1-6-18-11-13)10-16(22-17)20-12-14-5-2-9-24-14/h1,4,6,10-11,14,23H,2-3,5,7-9,12H2,(H2,19,20,21,22)/t14-/m1/s1. The van der Waals surface area contributed by atoms with Gasteiger partial charge in [-0.2, -0.15) is 4.98 Å². The number of nitrogens with zero attached hydrogens (tertiary/aromatic N) is 3. The summed E-state index contributed by atoms with van der Waals surface area (Å²) in [6.07, 6.45) is 6.61. The summed E-state index contributed by atoms with van der Waals surface area (Å²) in [4.78, 5) is 13.2. The van der Waals surface area contributed by atoms with E-state index in [9.17, 15) is 0 Å². The van der Waals surface area contributed by atoms with Crippen LogP contribution in [0.15, 0.2) is 30.6 Å². The number of anilines is 2. The van der Waals surface area contributed by atoms with Gasteiger partial charge in [-0.1, -0.05) is 0 Å². The van der Waals surface area contributed by atoms with Crippen LogP contribution in [0.3, 0.4) is 0 Å². The van der Waals surface area contributed by atoms with Gasteiger partial charge in [-0.05, 0) is 31.4 Å². The Hall–Kier alpha value is -2.25. The predicted molar refractivity (Wildman–Crippen MR) is 92.9 cm³/mol. The Balaban J connectivity index is 1.76. The van der Waals surface area contributed by atoms with E-state index in [1.165, 1.54) is 0 Å². The Kier molecular flexibility index (Phi) is 5.92. The Morgan fingerprint density at radius 3 is 3.00 bits per heavy atom. The highest BCUT2D eigenvalue weighted by Gasteiger charge is 2.15. The zero-order valence-corrected chi connectivity index (χ0v) is 13.6. The zero-order chi connectivity index (χ0) is 16.6. The van der Waals surface area contributed by atoms with Crippen LogP contribution in [0.4, 0.5) is 11.8 Å². The number of hydrogen-bond donors (Lipinski definition) is 3. The van der Waals surface area contributed by atoms with Gasteiger partial charge in [0.1, 0.15) is 5.82 Å². The van der Waals surface area contributed by atoms with E-state index in [0.717, 1.165) is 43.1 Å². The fraction of sp³-hybridized carbons (Fsp3) is 0.471. The predicted octanol–water partition coefficient (Wildman–Crippen LogP) is 1.92. The van der Waals surface area contributed by atoms with Gasteiger partial charge < -0.3 is 20.5 Å². The second kappa shape index (κ2) is 8.56. The summed E-state index contributed by atoms with van der Waals surface area (Å²) in [5, 5.41) is 15.4. The molecule has 0 saturated carbocycles. The van der Waals surface area contributed by atoms with Crippen molar-refractivity contribution < 1.29 is 9.84 Å². The molecule has 0 aromatic carbocycles. The van der Waals surface area contributed by atoms with Crippen molar-refractivity contribution in [1.82, 2.24) is 15.0 Å². The first-order valence-corrected chi connectivity index (χ1v) is 8.35. The Morgan fingerprint density at radius 1 is 1.29 bits per heavy atom. The van der Waals surface area contributed by atoms with E-state index in [-0.39, 0.29) is 12.7 Å². The highest BCUT2D eigenvalue weighted by molar-refractivity contribution is 5.63. The lowest BCUT2D eigenvalue weighted by Gasteiger charge is -2.13. The fourth-order valence-corrected chi connectivity index (χ4v) is 2.58. The number of ether oxygens (including phenoxy) is 1. The maximum absolute atomic E-state index is 8.92. The number of rotatable bonds is 8. The third-order valence-corrected chi connectivity index (χ3v) is 3.84. The molecule has 2 aromatic rings. The monoisotopic (exact) mass is 329 g/mol. The molecule has 7 heteroatoms. The van der Waals surface area contributed by atoms with Crippen LogP contribution < -0.4 is 10.6 Å². The van der Waals surface area contributed by atoms with Gasteiger partial charge in [0.2, 0.25) is 5.95 Å². The molecule has 1 saturated heterocycles. The molecule has 0 spiro atoms. The lowest BCUT2D eigenvalue weighted by Crippen LogP contribution is -2.19. The second-order valence-electron chi connectivity index (χ2n) is 5.72. The largest absolute Gasteiger partial charge is 0.396 e. The van der Waals surface area contributed by atoms with Crippen molar-refractivity contribution in [1.29, 1.82) is 0 Å². The van der Waals surface area contributed by atoms with Crippen LogP contribution in [0.2, 0.25) is 0 Å². The van der Waals surface area contributed by atoms with Crippen molar-refractivity contribution >= 4 is 11.8 Å². The molecule has 3 N–H and O–H groups in total. The maximum Gasteiger partial charge on any atom is 0.225 e. The van der Waals surface area contributed by atoms with Crippen molar-refractivity contribution in [2.24, 2.45) is 0 Å². The molecule has 1 fully saturated rings. The Bertz CT molecular complexity index is 632. The topological polar surface area (TPSA) is 92.2 Å². The smallest absolute Gasteiger partial charge is 0.225 e. The van der Waals surface area contributed by atoms with Crippen LogP contribution in [-0.4, -0.2) is 52.5 Å². The first-order valence-electron chi connectivity index (χ1n) is 8.35. The lowest BCUT2D eigenvalue weighted by atomic mass is 10.2. The molecule has 0 unspecified atom stereocenters. The molecular formula is C17H23N5O2. The van der Waals surface area contributed by atoms with E-state index in [1.54, 1.807) is 12.4 Å². The van der Waals surface area contributed by atoms with Gasteiger partial charge in [-0.3, -0.25) is 4.98 Å². The molecule has 128 valence electrons. The van der Waals surface area contributed by atoms with Crippen molar-refractivity contribution in [2.75, 3.05) is 36.9 Å². The van der Waals surface area contributed by atoms with Crippen molar-refractivity contribution in [3.63, 3.8) is 0 Å². The van der Waals surface area contributed by atoms with Gasteiger partial charge >= 0.3 is 0 Å². The summed E-state index contributed by atoms with van der Waals surface area (Å²) in [5.41, 5.74) is 1.74. The summed E-state index contributed by atoms with van der Waals surface area (Å²) in [6.45, 7) is 2.34. The van der Waals surface area contributed by atoms with E-state index in [0.29, 0.717) is 18.9 Å². The van der Waals surface area contributed by atoms with Gasteiger partial charge in [0, 0.05) is 50.3 Å². The average molecular weight is 329 g/mol. The number of aromatic nitrogens is 3. The maximum atomic E-state index is 8.92. The molecule has 2 aromatic heterocycles. The molecular weight excluding hydrogens is 306 g/mol. The molecule has 0 radical (unpaired) electrons. The van der Waals surface area contributed by atoms with E-state index in [1.807, 2.05) is 18.2 Å². The zero-order valence-electron chi connectivity index (χ0n) is 13.6. The molecule has 1 aliphatic rings. The van der Waals surface area contributed by atoms with Crippen molar-refractivity contribution in [3.05, 3.63) is 30.6 Å². The van der Waals surface area contributed by atoms with Gasteiger partial charge in [0.05, 0.1) is 11.8 Å². The fourth-order valence-electron chi connectivity index (χ4n) is 2.58. The van der Waals surface area contributed by atoms with Gasteiger partial charge in [-0.15, -0.1) is 0 Å². The number of aliphatic hydroxyl groups is 1. The molecule has 1 atom stereocenters. The van der Waals surface area contributed by atoms with Crippen LogP contribution in [-0.2, 0) is 4.74 Å². The lowest BCUT2D eigenvalue weighted by molar-refractivity contribution is 0.120. The second-order valence-corrected chi connectivity index (χ2v) is 5.72. The third-order valence-electron chi connectivity index (χ3n) is 3.84. The van der Waals surface area contributed by atoms with Crippen LogP contribution >= 0.6 is 0 Å². The van der Waals surface area contributed by atoms with E-state index in [4.69, 9.17) is 9.84 Å². The summed E-state index contributed by atoms with van der Waals surface area (Å²) in [7, 11) is 0. The minimum atomic E-state index is 0.138. The summed E-state index contributed by atoms with van der Waals surface area (Å²) in [5.74, 6) is 1.30. The van der Waals surface area contributed by atoms with Crippen LogP contribution in [0.5, 0.6) is 0 Å². The molecule has 0 bridgehead atoms. The van der Waals surface area contributed by atoms with E-state index in [2.05, 4.69) is 25.6 Å². The minimum Gasteiger partial charge on any atom is -0.396 e. The van der Waals surface area contributed by atoms with E-state index < -0.39 is 0 Å². The van der Waals surface area contributed by atoms with Crippen molar-refractivity contribution in [2.45, 2.75) is 25.4 Å². The average Bonchev–Trinajstić information content (AvgIpc) is 3.14. The highest BCUT2D eigenvalue weighted by Crippen LogP contribution is 2.21. The van der Waals surface area contributed by atoms with Crippen LogP contribution in [0.1, 0.15) is 19.3 Å². The molecule has 1 aliphatic heterocycles. The van der Waals surface area contributed by atoms with E-state index >= 15 is 0 Å². The molecule has 3 heterocycles. The molecule has 3 rings (SSSR count). The SMILES string of the molecule is OCCCNc1nc(NC[C@H]2CCCO2)cc(-c2cccnc2)n1. The van der Waals surface area contributed by atoms with Crippen molar-refractivity contribution in [3.8, 4) is 11.3 Å².